The number of nitrogens with one attached hydrogen (secondary N) is 3. The van der Waals surface area contributed by atoms with Gasteiger partial charge in [-0.15, -0.1) is 0 Å². The van der Waals surface area contributed by atoms with Gasteiger partial charge in [0.1, 0.15) is 0 Å². The summed E-state index contributed by atoms with van der Waals surface area (Å²) in [4.78, 5) is 14.8. The highest BCUT2D eigenvalue weighted by Gasteiger charge is 1.99. The Morgan fingerprint density at radius 1 is 0.871 bits per heavy atom. The van der Waals surface area contributed by atoms with Crippen LogP contribution < -0.4 is 16.0 Å². The molecule has 0 radical (unpaired) electrons. The maximum Gasteiger partial charge on any atom is 0.303 e. The van der Waals surface area contributed by atoms with Crippen molar-refractivity contribution in [3.05, 3.63) is 54.2 Å². The number of rotatable bonds is 18. The fourth-order valence-corrected chi connectivity index (χ4v) is 3.07. The molecule has 0 atom stereocenters. The van der Waals surface area contributed by atoms with Gasteiger partial charge in [0.25, 0.3) is 0 Å². The number of nitrogens with zero attached hydrogens (tertiary/aromatic N) is 1. The van der Waals surface area contributed by atoms with Crippen molar-refractivity contribution in [1.29, 1.82) is 0 Å². The smallest absolute Gasteiger partial charge is 0.303 e. The zero-order chi connectivity index (χ0) is 22.0. The van der Waals surface area contributed by atoms with Crippen LogP contribution >= 0.6 is 0 Å². The first kappa shape index (κ1) is 24.9. The van der Waals surface area contributed by atoms with Gasteiger partial charge in [0.2, 0.25) is 0 Å². The highest BCUT2D eigenvalue weighted by atomic mass is 16.5. The third-order valence-corrected chi connectivity index (χ3v) is 4.83. The molecule has 1 aromatic heterocycles. The SMILES string of the molecule is O=C(O)CCCNCCCCNCCNCOCCc1ccc(-c2ccccn2)cc1. The van der Waals surface area contributed by atoms with E-state index < -0.39 is 5.97 Å². The molecule has 1 heterocycles. The summed E-state index contributed by atoms with van der Waals surface area (Å²) < 4.78 is 5.66. The number of carboxylic acids is 1. The van der Waals surface area contributed by atoms with Crippen molar-refractivity contribution < 1.29 is 14.6 Å². The topological polar surface area (TPSA) is 95.5 Å². The highest BCUT2D eigenvalue weighted by Crippen LogP contribution is 2.16. The van der Waals surface area contributed by atoms with Gasteiger partial charge >= 0.3 is 5.97 Å². The molecule has 0 aliphatic carbocycles. The molecule has 31 heavy (non-hydrogen) atoms. The summed E-state index contributed by atoms with van der Waals surface area (Å²) in [5.74, 6) is -0.725. The lowest BCUT2D eigenvalue weighted by Crippen LogP contribution is -2.30. The van der Waals surface area contributed by atoms with Crippen LogP contribution in [-0.2, 0) is 16.0 Å². The first-order valence-electron chi connectivity index (χ1n) is 11.2. The normalized spacial score (nSPS) is 11.0. The average Bonchev–Trinajstić information content (AvgIpc) is 2.79. The molecular weight excluding hydrogens is 392 g/mol. The van der Waals surface area contributed by atoms with Crippen molar-refractivity contribution in [1.82, 2.24) is 20.9 Å². The molecular formula is C24H36N4O3. The fraction of sp³-hybridized carbons (Fsp3) is 0.500. The molecule has 170 valence electrons. The van der Waals surface area contributed by atoms with Crippen LogP contribution in [0.15, 0.2) is 48.7 Å². The highest BCUT2D eigenvalue weighted by molar-refractivity contribution is 5.66. The maximum atomic E-state index is 10.4. The lowest BCUT2D eigenvalue weighted by atomic mass is 10.1. The Kier molecular flexibility index (Phi) is 13.2. The summed E-state index contributed by atoms with van der Waals surface area (Å²) in [6, 6.07) is 14.4. The van der Waals surface area contributed by atoms with E-state index >= 15 is 0 Å². The third-order valence-electron chi connectivity index (χ3n) is 4.83. The zero-order valence-electron chi connectivity index (χ0n) is 18.3. The van der Waals surface area contributed by atoms with Gasteiger partial charge in [-0.25, -0.2) is 0 Å². The number of carbonyl (C=O) groups is 1. The molecule has 2 rings (SSSR count). The summed E-state index contributed by atoms with van der Waals surface area (Å²) >= 11 is 0. The summed E-state index contributed by atoms with van der Waals surface area (Å²) in [7, 11) is 0. The Morgan fingerprint density at radius 3 is 2.29 bits per heavy atom. The third kappa shape index (κ3) is 12.2. The Labute approximate surface area is 185 Å². The number of benzene rings is 1. The van der Waals surface area contributed by atoms with Crippen LogP contribution in [0, 0.1) is 0 Å². The van der Waals surface area contributed by atoms with E-state index in [2.05, 4.69) is 45.2 Å². The largest absolute Gasteiger partial charge is 0.481 e. The number of aliphatic carboxylic acids is 1. The predicted molar refractivity (Wildman–Crippen MR) is 124 cm³/mol. The molecule has 0 aliphatic rings. The van der Waals surface area contributed by atoms with Crippen LogP contribution in [0.3, 0.4) is 0 Å². The minimum absolute atomic E-state index is 0.241. The molecule has 4 N–H and O–H groups in total. The van der Waals surface area contributed by atoms with Gasteiger partial charge in [-0.05, 0) is 63.0 Å². The molecule has 0 aliphatic heterocycles. The second kappa shape index (κ2) is 16.4. The average molecular weight is 429 g/mol. The first-order valence-corrected chi connectivity index (χ1v) is 11.2. The van der Waals surface area contributed by atoms with Crippen molar-refractivity contribution in [3.8, 4) is 11.3 Å². The molecule has 7 nitrogen and oxygen atoms in total. The van der Waals surface area contributed by atoms with Gasteiger partial charge in [0.05, 0.1) is 19.0 Å². The minimum atomic E-state index is -0.725. The number of aromatic nitrogens is 1. The van der Waals surface area contributed by atoms with E-state index in [-0.39, 0.29) is 6.42 Å². The van der Waals surface area contributed by atoms with E-state index in [1.807, 2.05) is 24.4 Å². The van der Waals surface area contributed by atoms with E-state index in [9.17, 15) is 4.79 Å². The number of carboxylic acid groups (broad SMARTS) is 1. The number of hydrogen-bond donors (Lipinski definition) is 4. The number of hydrogen-bond acceptors (Lipinski definition) is 6. The number of unbranched alkanes of at least 4 members (excludes halogenated alkanes) is 1. The lowest BCUT2D eigenvalue weighted by Gasteiger charge is -2.08. The van der Waals surface area contributed by atoms with Crippen LogP contribution in [0.4, 0.5) is 0 Å². The molecule has 0 fully saturated rings. The minimum Gasteiger partial charge on any atom is -0.481 e. The monoisotopic (exact) mass is 428 g/mol. The first-order chi connectivity index (χ1) is 15.3. The van der Waals surface area contributed by atoms with Crippen molar-refractivity contribution >= 4 is 5.97 Å². The standard InChI is InChI=1S/C24H36N4O3/c29-24(30)7-5-15-25-13-3-4-14-26-17-18-27-20-31-19-12-21-8-10-22(11-9-21)23-6-1-2-16-28-23/h1-2,6,8-11,16,25-27H,3-5,7,12-15,17-20H2,(H,29,30). The molecule has 7 heteroatoms. The van der Waals surface area contributed by atoms with E-state index in [0.717, 1.165) is 63.2 Å². The van der Waals surface area contributed by atoms with Crippen molar-refractivity contribution in [2.24, 2.45) is 0 Å². The van der Waals surface area contributed by atoms with Crippen LogP contribution in [0.5, 0.6) is 0 Å². The Balaban J connectivity index is 1.36. The quantitative estimate of drug-likeness (QED) is 0.214. The maximum absolute atomic E-state index is 10.4. The number of ether oxygens (including phenoxy) is 1. The Bertz CT molecular complexity index is 711. The van der Waals surface area contributed by atoms with Crippen molar-refractivity contribution in [3.63, 3.8) is 0 Å². The fourth-order valence-electron chi connectivity index (χ4n) is 3.07. The van der Waals surface area contributed by atoms with Gasteiger partial charge < -0.3 is 20.5 Å². The zero-order valence-corrected chi connectivity index (χ0v) is 18.3. The van der Waals surface area contributed by atoms with Gasteiger partial charge in [-0.3, -0.25) is 15.1 Å². The van der Waals surface area contributed by atoms with Gasteiger partial charge in [0, 0.05) is 31.3 Å². The summed E-state index contributed by atoms with van der Waals surface area (Å²) in [5, 5.41) is 18.5. The lowest BCUT2D eigenvalue weighted by molar-refractivity contribution is -0.137. The van der Waals surface area contributed by atoms with Crippen LogP contribution in [-0.4, -0.2) is 62.1 Å². The summed E-state index contributed by atoms with van der Waals surface area (Å²) in [5.41, 5.74) is 3.39. The summed E-state index contributed by atoms with van der Waals surface area (Å²) in [6.45, 7) is 5.78. The molecule has 0 saturated carbocycles. The van der Waals surface area contributed by atoms with Gasteiger partial charge in [-0.1, -0.05) is 30.3 Å². The molecule has 1 aromatic carbocycles. The van der Waals surface area contributed by atoms with E-state index in [0.29, 0.717) is 19.8 Å². The Hall–Kier alpha value is -2.32. The van der Waals surface area contributed by atoms with E-state index in [1.165, 1.54) is 5.56 Å². The Morgan fingerprint density at radius 2 is 1.58 bits per heavy atom. The number of pyridine rings is 1. The molecule has 0 spiro atoms. The molecule has 0 bridgehead atoms. The van der Waals surface area contributed by atoms with Gasteiger partial charge in [0.15, 0.2) is 0 Å². The predicted octanol–water partition coefficient (Wildman–Crippen LogP) is 2.68. The molecule has 2 aromatic rings. The van der Waals surface area contributed by atoms with E-state index in [4.69, 9.17) is 9.84 Å². The van der Waals surface area contributed by atoms with Crippen LogP contribution in [0.1, 0.15) is 31.2 Å². The molecule has 0 saturated heterocycles. The van der Waals surface area contributed by atoms with Crippen LogP contribution in [0.25, 0.3) is 11.3 Å². The summed E-state index contributed by atoms with van der Waals surface area (Å²) in [6.07, 6.45) is 5.85. The molecule has 0 unspecified atom stereocenters. The molecule has 0 amide bonds. The second-order valence-electron chi connectivity index (χ2n) is 7.42. The second-order valence-corrected chi connectivity index (χ2v) is 7.42. The van der Waals surface area contributed by atoms with Crippen LogP contribution in [0.2, 0.25) is 0 Å². The van der Waals surface area contributed by atoms with E-state index in [1.54, 1.807) is 0 Å². The van der Waals surface area contributed by atoms with Crippen molar-refractivity contribution in [2.45, 2.75) is 32.1 Å². The van der Waals surface area contributed by atoms with Gasteiger partial charge in [-0.2, -0.15) is 0 Å². The van der Waals surface area contributed by atoms with Crippen molar-refractivity contribution in [2.75, 3.05) is 46.1 Å².